The Hall–Kier alpha value is -1.15. The fourth-order valence-electron chi connectivity index (χ4n) is 1.29. The first kappa shape index (κ1) is 16.9. The summed E-state index contributed by atoms with van der Waals surface area (Å²) in [6.07, 6.45) is 1.25. The molecule has 2 N–H and O–H groups in total. The first-order chi connectivity index (χ1) is 8.05. The van der Waals surface area contributed by atoms with Crippen LogP contribution in [0.5, 0.6) is 0 Å². The highest BCUT2D eigenvalue weighted by molar-refractivity contribution is 7.87. The second-order valence-electron chi connectivity index (χ2n) is 4.44. The molecule has 0 saturated carbocycles. The van der Waals surface area contributed by atoms with Crippen molar-refractivity contribution in [2.45, 2.75) is 38.9 Å². The minimum atomic E-state index is -4.86. The maximum absolute atomic E-state index is 11.6. The van der Waals surface area contributed by atoms with Gasteiger partial charge in [-0.2, -0.15) is 8.42 Å². The predicted octanol–water partition coefficient (Wildman–Crippen LogP) is 0.697. The van der Waals surface area contributed by atoms with Crippen LogP contribution in [0.1, 0.15) is 33.6 Å². The van der Waals surface area contributed by atoms with Crippen molar-refractivity contribution < 1.29 is 32.4 Å². The van der Waals surface area contributed by atoms with Gasteiger partial charge in [0.2, 0.25) is 0 Å². The smallest absolute Gasteiger partial charge is 0.328 e. The second kappa shape index (κ2) is 6.14. The van der Waals surface area contributed by atoms with Crippen LogP contribution in [-0.4, -0.2) is 41.9 Å². The molecule has 1 unspecified atom stereocenters. The molecule has 0 rings (SSSR count). The molecule has 0 heterocycles. The van der Waals surface area contributed by atoms with Crippen LogP contribution >= 0.6 is 0 Å². The van der Waals surface area contributed by atoms with Crippen molar-refractivity contribution in [2.24, 2.45) is 5.41 Å². The molecule has 0 amide bonds. The molecule has 0 aliphatic heterocycles. The monoisotopic (exact) mass is 282 g/mol. The van der Waals surface area contributed by atoms with E-state index in [0.29, 0.717) is 6.42 Å². The number of rotatable bonds is 7. The highest BCUT2D eigenvalue weighted by atomic mass is 32.2. The van der Waals surface area contributed by atoms with Crippen molar-refractivity contribution in [3.8, 4) is 0 Å². The maximum Gasteiger partial charge on any atom is 0.328 e. The highest BCUT2D eigenvalue weighted by Crippen LogP contribution is 2.27. The van der Waals surface area contributed by atoms with Crippen LogP contribution in [0, 0.1) is 5.41 Å². The van der Waals surface area contributed by atoms with Gasteiger partial charge in [-0.25, -0.2) is 0 Å². The zero-order valence-corrected chi connectivity index (χ0v) is 11.4. The fraction of sp³-hybridized carbons (Fsp3) is 0.800. The molecule has 1 atom stereocenters. The summed E-state index contributed by atoms with van der Waals surface area (Å²) in [4.78, 5) is 22.6. The zero-order chi connectivity index (χ0) is 14.6. The molecule has 18 heavy (non-hydrogen) atoms. The van der Waals surface area contributed by atoms with E-state index in [9.17, 15) is 18.0 Å². The lowest BCUT2D eigenvalue weighted by molar-refractivity contribution is -0.155. The lowest BCUT2D eigenvalue weighted by Gasteiger charge is -2.25. The summed E-state index contributed by atoms with van der Waals surface area (Å²) in [5.41, 5.74) is -1.98. The molecule has 7 nitrogen and oxygen atoms in total. The van der Waals surface area contributed by atoms with Crippen LogP contribution in [0.2, 0.25) is 0 Å². The molecule has 0 aromatic rings. The van der Waals surface area contributed by atoms with Gasteiger partial charge in [0.1, 0.15) is 0 Å². The minimum absolute atomic E-state index is 0.0168. The van der Waals surface area contributed by atoms with Crippen molar-refractivity contribution in [1.82, 2.24) is 0 Å². The zero-order valence-electron chi connectivity index (χ0n) is 10.5. The van der Waals surface area contributed by atoms with Gasteiger partial charge in [-0.15, -0.1) is 0 Å². The highest BCUT2D eigenvalue weighted by Gasteiger charge is 2.50. The van der Waals surface area contributed by atoms with Gasteiger partial charge in [0.05, 0.1) is 12.0 Å². The Morgan fingerprint density at radius 3 is 2.17 bits per heavy atom. The van der Waals surface area contributed by atoms with E-state index in [1.54, 1.807) is 0 Å². The molecule has 0 bridgehead atoms. The lowest BCUT2D eigenvalue weighted by Crippen LogP contribution is -2.48. The molecule has 8 heteroatoms. The van der Waals surface area contributed by atoms with Crippen molar-refractivity contribution in [3.63, 3.8) is 0 Å². The van der Waals surface area contributed by atoms with E-state index in [1.807, 2.05) is 6.92 Å². The number of hydrogen-bond acceptors (Lipinski definition) is 5. The molecule has 0 fully saturated rings. The molecule has 0 aromatic carbocycles. The molecular weight excluding hydrogens is 264 g/mol. The number of aliphatic carboxylic acids is 1. The van der Waals surface area contributed by atoms with Crippen LogP contribution in [-0.2, 0) is 24.4 Å². The number of carbonyl (C=O) groups is 2. The van der Waals surface area contributed by atoms with Crippen molar-refractivity contribution in [1.29, 1.82) is 0 Å². The molecule has 0 saturated heterocycles. The molecule has 106 valence electrons. The number of unbranched alkanes of at least 4 members (excludes halogenated alkanes) is 1. The number of ether oxygens (including phenoxy) is 1. The quantitative estimate of drug-likeness (QED) is 0.401. The Labute approximate surface area is 106 Å². The first-order valence-corrected chi connectivity index (χ1v) is 6.91. The predicted molar refractivity (Wildman–Crippen MR) is 62.6 cm³/mol. The number of hydrogen-bond donors (Lipinski definition) is 2. The van der Waals surface area contributed by atoms with Crippen molar-refractivity contribution in [3.05, 3.63) is 0 Å². The molecule has 0 aromatic heterocycles. The SMILES string of the molecule is CCCCOC(=O)C(C(C)(C)C(=O)O)S(=O)(=O)O. The average molecular weight is 282 g/mol. The summed E-state index contributed by atoms with van der Waals surface area (Å²) < 4.78 is 36.0. The van der Waals surface area contributed by atoms with Gasteiger partial charge >= 0.3 is 11.9 Å². The minimum Gasteiger partial charge on any atom is -0.481 e. The second-order valence-corrected chi connectivity index (χ2v) is 5.94. The van der Waals surface area contributed by atoms with E-state index < -0.39 is 32.7 Å². The Kier molecular flexibility index (Phi) is 5.75. The standard InChI is InChI=1S/C10H18O7S/c1-4-5-6-17-8(11)7(18(14,15)16)10(2,3)9(12)13/h7H,4-6H2,1-3H3,(H,12,13)(H,14,15,16). The Bertz CT molecular complexity index is 410. The summed E-state index contributed by atoms with van der Waals surface area (Å²) in [6, 6.07) is 0. The molecule has 0 spiro atoms. The largest absolute Gasteiger partial charge is 0.481 e. The van der Waals surface area contributed by atoms with Gasteiger partial charge in [0, 0.05) is 0 Å². The number of esters is 1. The normalized spacial score (nSPS) is 14.0. The van der Waals surface area contributed by atoms with Crippen LogP contribution < -0.4 is 0 Å². The average Bonchev–Trinajstić information content (AvgIpc) is 2.14. The first-order valence-electron chi connectivity index (χ1n) is 5.41. The van der Waals surface area contributed by atoms with E-state index in [-0.39, 0.29) is 6.61 Å². The summed E-state index contributed by atoms with van der Waals surface area (Å²) >= 11 is 0. The molecule has 0 aliphatic carbocycles. The maximum atomic E-state index is 11.6. The van der Waals surface area contributed by atoms with Crippen LogP contribution in [0.25, 0.3) is 0 Å². The van der Waals surface area contributed by atoms with E-state index in [0.717, 1.165) is 20.3 Å². The van der Waals surface area contributed by atoms with Gasteiger partial charge in [0.25, 0.3) is 10.1 Å². The van der Waals surface area contributed by atoms with E-state index >= 15 is 0 Å². The van der Waals surface area contributed by atoms with Crippen LogP contribution in [0.4, 0.5) is 0 Å². The van der Waals surface area contributed by atoms with E-state index in [4.69, 9.17) is 9.66 Å². The summed E-state index contributed by atoms with van der Waals surface area (Å²) in [6.45, 7) is 3.90. The third kappa shape index (κ3) is 4.26. The van der Waals surface area contributed by atoms with Gasteiger partial charge in [0.15, 0.2) is 5.25 Å². The van der Waals surface area contributed by atoms with Gasteiger partial charge in [-0.1, -0.05) is 13.3 Å². The van der Waals surface area contributed by atoms with E-state index in [1.165, 1.54) is 0 Å². The molecular formula is C10H18O7S. The third-order valence-corrected chi connectivity index (χ3v) is 3.84. The van der Waals surface area contributed by atoms with Gasteiger partial charge in [-0.3, -0.25) is 14.1 Å². The molecule has 0 aliphatic rings. The summed E-state index contributed by atoms with van der Waals surface area (Å²) in [5.74, 6) is -2.77. The Balaban J connectivity index is 5.16. The number of carbonyl (C=O) groups excluding carboxylic acids is 1. The fourth-order valence-corrected chi connectivity index (χ4v) is 2.45. The summed E-state index contributed by atoms with van der Waals surface area (Å²) in [5, 5.41) is 6.77. The number of carboxylic acids is 1. The lowest BCUT2D eigenvalue weighted by atomic mass is 9.89. The van der Waals surface area contributed by atoms with E-state index in [2.05, 4.69) is 4.74 Å². The topological polar surface area (TPSA) is 118 Å². The van der Waals surface area contributed by atoms with Crippen LogP contribution in [0.3, 0.4) is 0 Å². The van der Waals surface area contributed by atoms with Gasteiger partial charge in [-0.05, 0) is 20.3 Å². The summed E-state index contributed by atoms with van der Waals surface area (Å²) in [7, 11) is -4.86. The third-order valence-electron chi connectivity index (χ3n) is 2.46. The van der Waals surface area contributed by atoms with Gasteiger partial charge < -0.3 is 9.84 Å². The molecule has 0 radical (unpaired) electrons. The number of carboxylic acid groups (broad SMARTS) is 1. The Morgan fingerprint density at radius 1 is 1.33 bits per heavy atom. The Morgan fingerprint density at radius 2 is 1.83 bits per heavy atom. The van der Waals surface area contributed by atoms with Crippen molar-refractivity contribution in [2.75, 3.05) is 6.61 Å². The van der Waals surface area contributed by atoms with Crippen LogP contribution in [0.15, 0.2) is 0 Å². The van der Waals surface area contributed by atoms with Crippen molar-refractivity contribution >= 4 is 22.1 Å².